The van der Waals surface area contributed by atoms with Gasteiger partial charge in [0.15, 0.2) is 0 Å². The third-order valence-electron chi connectivity index (χ3n) is 3.23. The quantitative estimate of drug-likeness (QED) is 0.562. The largest absolute Gasteiger partial charge is 0.340 e. The number of rotatable bonds is 1. The third-order valence-corrected chi connectivity index (χ3v) is 3.23. The Bertz CT molecular complexity index is 211. The number of hydrogen-bond acceptors (Lipinski definition) is 2. The molecule has 1 heterocycles. The Hall–Kier alpha value is -0.570. The molecular formula is C9H16N2O. The number of likely N-dealkylation sites (N-methyl/N-ethyl adjacent to an activating group) is 2. The van der Waals surface area contributed by atoms with Crippen LogP contribution >= 0.6 is 0 Å². The number of hydrogen-bond donors (Lipinski definition) is 0. The van der Waals surface area contributed by atoms with Crippen molar-refractivity contribution >= 4 is 5.91 Å². The Morgan fingerprint density at radius 1 is 1.50 bits per heavy atom. The standard InChI is InChI=1S/C9H16N2O/c1-3-11-7-9(4-5-9)10(2)6-8(11)12/h3-7H2,1-2H3. The van der Waals surface area contributed by atoms with Gasteiger partial charge < -0.3 is 4.90 Å². The van der Waals surface area contributed by atoms with Crippen LogP contribution in [0.5, 0.6) is 0 Å². The first-order valence-electron chi connectivity index (χ1n) is 4.67. The zero-order chi connectivity index (χ0) is 8.77. The van der Waals surface area contributed by atoms with E-state index in [1.807, 2.05) is 4.90 Å². The SMILES string of the molecule is CCN1CC2(CC2)N(C)CC1=O. The van der Waals surface area contributed by atoms with Crippen molar-refractivity contribution in [2.45, 2.75) is 25.3 Å². The first-order valence-corrected chi connectivity index (χ1v) is 4.67. The molecule has 12 heavy (non-hydrogen) atoms. The summed E-state index contributed by atoms with van der Waals surface area (Å²) in [5.41, 5.74) is 0.379. The lowest BCUT2D eigenvalue weighted by Crippen LogP contribution is -2.56. The average Bonchev–Trinajstić information content (AvgIpc) is 2.79. The summed E-state index contributed by atoms with van der Waals surface area (Å²) in [6, 6.07) is 0. The van der Waals surface area contributed by atoms with Crippen LogP contribution in [0, 0.1) is 0 Å². The number of piperazine rings is 1. The number of carbonyl (C=O) groups excluding carboxylic acids is 1. The van der Waals surface area contributed by atoms with Gasteiger partial charge in [-0.2, -0.15) is 0 Å². The molecule has 1 aliphatic heterocycles. The van der Waals surface area contributed by atoms with Crippen LogP contribution in [0.15, 0.2) is 0 Å². The molecule has 0 aromatic heterocycles. The fourth-order valence-corrected chi connectivity index (χ4v) is 2.01. The van der Waals surface area contributed by atoms with Gasteiger partial charge in [0.2, 0.25) is 5.91 Å². The number of amides is 1. The highest BCUT2D eigenvalue weighted by Gasteiger charge is 2.51. The molecule has 0 aromatic carbocycles. The van der Waals surface area contributed by atoms with Crippen molar-refractivity contribution in [3.63, 3.8) is 0 Å². The van der Waals surface area contributed by atoms with Crippen LogP contribution in [0.4, 0.5) is 0 Å². The van der Waals surface area contributed by atoms with Crippen LogP contribution in [-0.2, 0) is 4.79 Å². The molecule has 0 radical (unpaired) electrons. The Morgan fingerprint density at radius 2 is 2.17 bits per heavy atom. The van der Waals surface area contributed by atoms with Crippen molar-refractivity contribution in [3.05, 3.63) is 0 Å². The highest BCUT2D eigenvalue weighted by atomic mass is 16.2. The van der Waals surface area contributed by atoms with Gasteiger partial charge in [0.05, 0.1) is 6.54 Å². The smallest absolute Gasteiger partial charge is 0.236 e. The second-order valence-electron chi connectivity index (χ2n) is 3.99. The second kappa shape index (κ2) is 2.46. The minimum absolute atomic E-state index is 0.289. The summed E-state index contributed by atoms with van der Waals surface area (Å²) in [4.78, 5) is 15.6. The minimum atomic E-state index is 0.289. The lowest BCUT2D eigenvalue weighted by molar-refractivity contribution is -0.138. The Morgan fingerprint density at radius 3 is 2.67 bits per heavy atom. The molecule has 0 N–H and O–H groups in total. The van der Waals surface area contributed by atoms with Crippen molar-refractivity contribution in [3.8, 4) is 0 Å². The lowest BCUT2D eigenvalue weighted by Gasteiger charge is -2.39. The lowest BCUT2D eigenvalue weighted by atomic mass is 10.1. The van der Waals surface area contributed by atoms with Gasteiger partial charge in [-0.05, 0) is 26.8 Å². The molecule has 3 nitrogen and oxygen atoms in total. The molecule has 2 fully saturated rings. The predicted octanol–water partition coefficient (Wildman–Crippen LogP) is 0.313. The second-order valence-corrected chi connectivity index (χ2v) is 3.99. The van der Waals surface area contributed by atoms with Gasteiger partial charge in [0, 0.05) is 18.6 Å². The van der Waals surface area contributed by atoms with Gasteiger partial charge in [0.25, 0.3) is 0 Å². The van der Waals surface area contributed by atoms with E-state index in [1.54, 1.807) is 0 Å². The summed E-state index contributed by atoms with van der Waals surface area (Å²) in [6.07, 6.45) is 2.54. The summed E-state index contributed by atoms with van der Waals surface area (Å²) < 4.78 is 0. The van der Waals surface area contributed by atoms with Crippen LogP contribution in [-0.4, -0.2) is 47.9 Å². The normalized spacial score (nSPS) is 28.2. The highest BCUT2D eigenvalue weighted by molar-refractivity contribution is 5.79. The van der Waals surface area contributed by atoms with E-state index in [0.29, 0.717) is 12.1 Å². The molecule has 1 saturated heterocycles. The van der Waals surface area contributed by atoms with Crippen molar-refractivity contribution in [1.82, 2.24) is 9.80 Å². The molecule has 3 heteroatoms. The average molecular weight is 168 g/mol. The van der Waals surface area contributed by atoms with Crippen LogP contribution < -0.4 is 0 Å². The molecule has 0 atom stereocenters. The fourth-order valence-electron chi connectivity index (χ4n) is 2.01. The molecule has 1 amide bonds. The van der Waals surface area contributed by atoms with Crippen LogP contribution in [0.2, 0.25) is 0 Å². The zero-order valence-electron chi connectivity index (χ0n) is 7.84. The van der Waals surface area contributed by atoms with Gasteiger partial charge >= 0.3 is 0 Å². The van der Waals surface area contributed by atoms with Gasteiger partial charge in [-0.25, -0.2) is 0 Å². The zero-order valence-corrected chi connectivity index (χ0v) is 7.84. The van der Waals surface area contributed by atoms with Crippen LogP contribution in [0.25, 0.3) is 0 Å². The van der Waals surface area contributed by atoms with Crippen LogP contribution in [0.3, 0.4) is 0 Å². The van der Waals surface area contributed by atoms with Gasteiger partial charge in [-0.3, -0.25) is 9.69 Å². The van der Waals surface area contributed by atoms with Gasteiger partial charge in [-0.1, -0.05) is 0 Å². The van der Waals surface area contributed by atoms with E-state index in [0.717, 1.165) is 13.1 Å². The summed E-state index contributed by atoms with van der Waals surface area (Å²) in [5.74, 6) is 0.289. The Kier molecular flexibility index (Phi) is 1.65. The Balaban J connectivity index is 2.09. The third kappa shape index (κ3) is 1.04. The van der Waals surface area contributed by atoms with Crippen LogP contribution in [0.1, 0.15) is 19.8 Å². The van der Waals surface area contributed by atoms with E-state index in [-0.39, 0.29) is 5.91 Å². The van der Waals surface area contributed by atoms with Crippen molar-refractivity contribution < 1.29 is 4.79 Å². The fraction of sp³-hybridized carbons (Fsp3) is 0.889. The maximum Gasteiger partial charge on any atom is 0.236 e. The molecule has 0 aromatic rings. The molecule has 1 aliphatic carbocycles. The molecular weight excluding hydrogens is 152 g/mol. The first kappa shape index (κ1) is 8.05. The van der Waals surface area contributed by atoms with E-state index in [9.17, 15) is 4.79 Å². The predicted molar refractivity (Wildman–Crippen MR) is 46.8 cm³/mol. The maximum absolute atomic E-state index is 11.4. The molecule has 0 unspecified atom stereocenters. The van der Waals surface area contributed by atoms with Gasteiger partial charge in [0.1, 0.15) is 0 Å². The Labute approximate surface area is 73.3 Å². The van der Waals surface area contributed by atoms with E-state index in [4.69, 9.17) is 0 Å². The van der Waals surface area contributed by atoms with E-state index >= 15 is 0 Å². The molecule has 68 valence electrons. The summed E-state index contributed by atoms with van der Waals surface area (Å²) in [5, 5.41) is 0. The number of carbonyl (C=O) groups is 1. The topological polar surface area (TPSA) is 23.6 Å². The van der Waals surface area contributed by atoms with E-state index in [2.05, 4.69) is 18.9 Å². The summed E-state index contributed by atoms with van der Waals surface area (Å²) in [6.45, 7) is 4.50. The molecule has 2 aliphatic rings. The first-order chi connectivity index (χ1) is 5.68. The molecule has 1 spiro atoms. The minimum Gasteiger partial charge on any atom is -0.340 e. The van der Waals surface area contributed by atoms with Gasteiger partial charge in [-0.15, -0.1) is 0 Å². The monoisotopic (exact) mass is 168 g/mol. The summed E-state index contributed by atoms with van der Waals surface area (Å²) in [7, 11) is 2.07. The maximum atomic E-state index is 11.4. The summed E-state index contributed by atoms with van der Waals surface area (Å²) >= 11 is 0. The van der Waals surface area contributed by atoms with E-state index < -0.39 is 0 Å². The number of nitrogens with zero attached hydrogens (tertiary/aromatic N) is 2. The van der Waals surface area contributed by atoms with Crippen molar-refractivity contribution in [1.29, 1.82) is 0 Å². The molecule has 0 bridgehead atoms. The highest BCUT2D eigenvalue weighted by Crippen LogP contribution is 2.43. The molecule has 1 saturated carbocycles. The van der Waals surface area contributed by atoms with Crippen molar-refractivity contribution in [2.24, 2.45) is 0 Å². The van der Waals surface area contributed by atoms with Crippen molar-refractivity contribution in [2.75, 3.05) is 26.7 Å². The van der Waals surface area contributed by atoms with E-state index in [1.165, 1.54) is 12.8 Å². The molecule has 2 rings (SSSR count).